The number of amides is 1. The number of hydrogen-bond donors (Lipinski definition) is 1. The Kier molecular flexibility index (Phi) is 3.31. The minimum atomic E-state index is -0.0708. The maximum Gasteiger partial charge on any atom is 0.233 e. The molecule has 1 amide bonds. The van der Waals surface area contributed by atoms with Crippen molar-refractivity contribution >= 4 is 44.2 Å². The molecule has 0 radical (unpaired) electrons. The zero-order valence-corrected chi connectivity index (χ0v) is 12.9. The lowest BCUT2D eigenvalue weighted by molar-refractivity contribution is -0.120. The second-order valence-electron chi connectivity index (χ2n) is 5.06. The first-order valence-electron chi connectivity index (χ1n) is 7.00. The van der Waals surface area contributed by atoms with Crippen LogP contribution in [0.2, 0.25) is 0 Å². The van der Waals surface area contributed by atoms with Crippen LogP contribution in [0.25, 0.3) is 15.2 Å². The van der Waals surface area contributed by atoms with E-state index < -0.39 is 0 Å². The van der Waals surface area contributed by atoms with E-state index in [1.807, 2.05) is 12.1 Å². The summed E-state index contributed by atoms with van der Waals surface area (Å²) in [5.41, 5.74) is 1.11. The summed E-state index contributed by atoms with van der Waals surface area (Å²) < 4.78 is 3.25. The van der Waals surface area contributed by atoms with Crippen LogP contribution in [-0.2, 0) is 4.79 Å². The minimum Gasteiger partial charge on any atom is -0.355 e. The van der Waals surface area contributed by atoms with Gasteiger partial charge in [-0.15, -0.1) is 10.2 Å². The number of aromatic nitrogens is 3. The van der Waals surface area contributed by atoms with Gasteiger partial charge in [0.15, 0.2) is 5.16 Å². The molecule has 0 spiro atoms. The number of carbonyl (C=O) groups is 1. The fourth-order valence-corrected chi connectivity index (χ4v) is 4.71. The number of rotatable bonds is 2. The van der Waals surface area contributed by atoms with Gasteiger partial charge in [0.1, 0.15) is 0 Å². The Bertz CT molecular complexity index is 810. The maximum absolute atomic E-state index is 12.1. The molecule has 1 aliphatic rings. The van der Waals surface area contributed by atoms with Gasteiger partial charge in [0.05, 0.1) is 15.5 Å². The number of benzene rings is 1. The molecule has 4 rings (SSSR count). The first kappa shape index (κ1) is 13.1. The van der Waals surface area contributed by atoms with Crippen molar-refractivity contribution in [3.8, 4) is 0 Å². The largest absolute Gasteiger partial charge is 0.355 e. The summed E-state index contributed by atoms with van der Waals surface area (Å²) in [6, 6.07) is 8.19. The second kappa shape index (κ2) is 5.31. The number of nitrogens with one attached hydrogen (secondary N) is 1. The predicted octanol–water partition coefficient (Wildman–Crippen LogP) is 2.70. The third-order valence-corrected chi connectivity index (χ3v) is 5.86. The van der Waals surface area contributed by atoms with Crippen LogP contribution in [0, 0.1) is 0 Å². The molecule has 5 nitrogen and oxygen atoms in total. The van der Waals surface area contributed by atoms with Gasteiger partial charge in [-0.2, -0.15) is 0 Å². The number of hydrogen-bond acceptors (Lipinski definition) is 5. The monoisotopic (exact) mass is 318 g/mol. The number of fused-ring (bicyclic) bond motifs is 3. The van der Waals surface area contributed by atoms with Gasteiger partial charge in [-0.25, -0.2) is 0 Å². The molecule has 1 aromatic carbocycles. The number of thioether (sulfide) groups is 1. The zero-order chi connectivity index (χ0) is 14.2. The Hall–Kier alpha value is -1.60. The van der Waals surface area contributed by atoms with Gasteiger partial charge in [0, 0.05) is 6.54 Å². The van der Waals surface area contributed by atoms with E-state index in [0.29, 0.717) is 0 Å². The van der Waals surface area contributed by atoms with E-state index in [0.717, 1.165) is 41.4 Å². The molecular formula is C14H14N4OS2. The van der Waals surface area contributed by atoms with Gasteiger partial charge < -0.3 is 5.32 Å². The van der Waals surface area contributed by atoms with Crippen molar-refractivity contribution in [3.63, 3.8) is 0 Å². The molecule has 1 fully saturated rings. The third-order valence-electron chi connectivity index (χ3n) is 3.64. The van der Waals surface area contributed by atoms with Gasteiger partial charge in [0.2, 0.25) is 10.9 Å². The Morgan fingerprint density at radius 3 is 3.14 bits per heavy atom. The average molecular weight is 318 g/mol. The van der Waals surface area contributed by atoms with E-state index in [1.165, 1.54) is 16.5 Å². The average Bonchev–Trinajstić information content (AvgIpc) is 2.98. The van der Waals surface area contributed by atoms with Gasteiger partial charge >= 0.3 is 0 Å². The Labute approximate surface area is 129 Å². The highest BCUT2D eigenvalue weighted by Crippen LogP contribution is 2.32. The van der Waals surface area contributed by atoms with Crippen molar-refractivity contribution in [2.24, 2.45) is 0 Å². The van der Waals surface area contributed by atoms with E-state index >= 15 is 0 Å². The lowest BCUT2D eigenvalue weighted by Crippen LogP contribution is -2.30. The van der Waals surface area contributed by atoms with Crippen LogP contribution in [0.15, 0.2) is 29.4 Å². The lowest BCUT2D eigenvalue weighted by Gasteiger charge is -2.10. The van der Waals surface area contributed by atoms with E-state index in [9.17, 15) is 4.79 Å². The molecule has 2 aromatic heterocycles. The second-order valence-corrected chi connectivity index (χ2v) is 7.24. The van der Waals surface area contributed by atoms with Crippen LogP contribution >= 0.6 is 23.1 Å². The summed E-state index contributed by atoms with van der Waals surface area (Å²) in [5, 5.41) is 12.2. The van der Waals surface area contributed by atoms with Gasteiger partial charge in [0.25, 0.3) is 0 Å². The van der Waals surface area contributed by atoms with Crippen LogP contribution in [0.3, 0.4) is 0 Å². The highest BCUT2D eigenvalue weighted by Gasteiger charge is 2.24. The van der Waals surface area contributed by atoms with Crippen molar-refractivity contribution in [1.29, 1.82) is 0 Å². The molecule has 3 aromatic rings. The SMILES string of the molecule is O=C1NCCCCC1Sc1nnc2sc3ccccc3n12. The number of para-hydroxylation sites is 1. The quantitative estimate of drug-likeness (QED) is 0.789. The van der Waals surface area contributed by atoms with Crippen LogP contribution in [-0.4, -0.2) is 32.3 Å². The topological polar surface area (TPSA) is 59.3 Å². The first-order chi connectivity index (χ1) is 10.3. The fourth-order valence-electron chi connectivity index (χ4n) is 2.58. The highest BCUT2D eigenvalue weighted by molar-refractivity contribution is 8.00. The van der Waals surface area contributed by atoms with Crippen molar-refractivity contribution in [3.05, 3.63) is 24.3 Å². The van der Waals surface area contributed by atoms with E-state index in [1.54, 1.807) is 11.3 Å². The molecule has 1 saturated heterocycles. The molecule has 0 bridgehead atoms. The molecule has 21 heavy (non-hydrogen) atoms. The Balaban J connectivity index is 1.74. The molecule has 1 aliphatic heterocycles. The summed E-state index contributed by atoms with van der Waals surface area (Å²) in [6.45, 7) is 0.784. The smallest absolute Gasteiger partial charge is 0.233 e. The van der Waals surface area contributed by atoms with Crippen LogP contribution in [0.4, 0.5) is 0 Å². The van der Waals surface area contributed by atoms with E-state index in [4.69, 9.17) is 0 Å². The predicted molar refractivity (Wildman–Crippen MR) is 84.9 cm³/mol. The van der Waals surface area contributed by atoms with Crippen molar-refractivity contribution < 1.29 is 4.79 Å². The fraction of sp³-hybridized carbons (Fsp3) is 0.357. The Morgan fingerprint density at radius 1 is 1.29 bits per heavy atom. The maximum atomic E-state index is 12.1. The highest BCUT2D eigenvalue weighted by atomic mass is 32.2. The molecule has 0 aliphatic carbocycles. The molecule has 0 saturated carbocycles. The van der Waals surface area contributed by atoms with Gasteiger partial charge in [-0.05, 0) is 25.0 Å². The normalized spacial score (nSPS) is 19.8. The van der Waals surface area contributed by atoms with Gasteiger partial charge in [-0.1, -0.05) is 41.7 Å². The minimum absolute atomic E-state index is 0.0708. The molecule has 1 atom stereocenters. The van der Waals surface area contributed by atoms with Crippen molar-refractivity contribution in [1.82, 2.24) is 19.9 Å². The Morgan fingerprint density at radius 2 is 2.19 bits per heavy atom. The van der Waals surface area contributed by atoms with Crippen LogP contribution in [0.5, 0.6) is 0 Å². The first-order valence-corrected chi connectivity index (χ1v) is 8.69. The molecule has 1 N–H and O–H groups in total. The number of thiazole rings is 1. The molecule has 1 unspecified atom stereocenters. The van der Waals surface area contributed by atoms with Gasteiger partial charge in [-0.3, -0.25) is 9.20 Å². The zero-order valence-electron chi connectivity index (χ0n) is 11.3. The number of nitrogens with zero attached hydrogens (tertiary/aromatic N) is 3. The number of carbonyl (C=O) groups excluding carboxylic acids is 1. The van der Waals surface area contributed by atoms with E-state index in [-0.39, 0.29) is 11.2 Å². The standard InChI is InChI=1S/C14H14N4OS2/c19-12-11(7-3-4-8-15-12)21-14-17-16-13-18(14)9-5-1-2-6-10(9)20-13/h1-2,5-6,11H,3-4,7-8H2,(H,15,19). The van der Waals surface area contributed by atoms with Crippen LogP contribution in [0.1, 0.15) is 19.3 Å². The summed E-state index contributed by atoms with van der Waals surface area (Å²) in [4.78, 5) is 13.0. The summed E-state index contributed by atoms with van der Waals surface area (Å²) in [7, 11) is 0. The lowest BCUT2D eigenvalue weighted by atomic mass is 10.2. The molecule has 108 valence electrons. The van der Waals surface area contributed by atoms with Crippen LogP contribution < -0.4 is 5.32 Å². The third kappa shape index (κ3) is 2.30. The summed E-state index contributed by atoms with van der Waals surface area (Å²) in [5.74, 6) is 0.119. The summed E-state index contributed by atoms with van der Waals surface area (Å²) >= 11 is 3.15. The molecular weight excluding hydrogens is 304 g/mol. The molecule has 3 heterocycles. The summed E-state index contributed by atoms with van der Waals surface area (Å²) in [6.07, 6.45) is 3.02. The van der Waals surface area contributed by atoms with Crippen molar-refractivity contribution in [2.75, 3.05) is 6.54 Å². The van der Waals surface area contributed by atoms with E-state index in [2.05, 4.69) is 32.0 Å². The molecule has 7 heteroatoms. The van der Waals surface area contributed by atoms with Crippen molar-refractivity contribution in [2.45, 2.75) is 29.7 Å².